The average Bonchev–Trinajstić information content (AvgIpc) is 2.77. The van der Waals surface area contributed by atoms with Crippen molar-refractivity contribution in [3.05, 3.63) is 58.9 Å². The van der Waals surface area contributed by atoms with E-state index in [4.69, 9.17) is 4.74 Å². The van der Waals surface area contributed by atoms with Crippen molar-refractivity contribution in [3.63, 3.8) is 0 Å². The van der Waals surface area contributed by atoms with E-state index >= 15 is 0 Å². The van der Waals surface area contributed by atoms with Crippen LogP contribution in [0.25, 0.3) is 16.6 Å². The summed E-state index contributed by atoms with van der Waals surface area (Å²) in [6.45, 7) is 8.55. The highest BCUT2D eigenvalue weighted by Crippen LogP contribution is 2.18. The molecule has 1 atom stereocenters. The molecular formula is C24H30N4O2. The number of nitrogens with zero attached hydrogens (tertiary/aromatic N) is 4. The van der Waals surface area contributed by atoms with Gasteiger partial charge in [0.15, 0.2) is 0 Å². The minimum atomic E-state index is -0.0885. The molecule has 6 heteroatoms. The molecule has 4 rings (SSSR count). The lowest BCUT2D eigenvalue weighted by Crippen LogP contribution is -2.35. The molecule has 0 aliphatic carbocycles. The number of likely N-dealkylation sites (tertiary alicyclic amines) is 1. The number of rotatable bonds is 7. The maximum absolute atomic E-state index is 13.0. The summed E-state index contributed by atoms with van der Waals surface area (Å²) in [5.74, 6) is 2.37. The highest BCUT2D eigenvalue weighted by atomic mass is 16.5. The van der Waals surface area contributed by atoms with Gasteiger partial charge < -0.3 is 9.64 Å². The summed E-state index contributed by atoms with van der Waals surface area (Å²) in [5, 5.41) is 0.530. The molecule has 0 spiro atoms. The summed E-state index contributed by atoms with van der Waals surface area (Å²) in [4.78, 5) is 24.3. The highest BCUT2D eigenvalue weighted by molar-refractivity contribution is 5.76. The standard InChI is InChI=1S/C24H30N4O2/c1-3-23-26-22-11-12-25-16-21(22)24(29)28(23)19-7-9-20(10-8-19)30-15-5-14-27-13-4-6-18(2)17-27/h7-12,16,18H,3-6,13-15,17H2,1-2H3/t18-/m0/s1. The number of hydrogen-bond acceptors (Lipinski definition) is 5. The van der Waals surface area contributed by atoms with Crippen LogP contribution in [0.5, 0.6) is 5.75 Å². The van der Waals surface area contributed by atoms with Gasteiger partial charge in [0.25, 0.3) is 5.56 Å². The largest absolute Gasteiger partial charge is 0.494 e. The summed E-state index contributed by atoms with van der Waals surface area (Å²) < 4.78 is 7.60. The maximum atomic E-state index is 13.0. The Hall–Kier alpha value is -2.73. The van der Waals surface area contributed by atoms with Gasteiger partial charge >= 0.3 is 0 Å². The summed E-state index contributed by atoms with van der Waals surface area (Å²) >= 11 is 0. The molecule has 0 radical (unpaired) electrons. The lowest BCUT2D eigenvalue weighted by Gasteiger charge is -2.30. The predicted octanol–water partition coefficient (Wildman–Crippen LogP) is 3.84. The minimum absolute atomic E-state index is 0.0885. The van der Waals surface area contributed by atoms with E-state index in [-0.39, 0.29) is 5.56 Å². The lowest BCUT2D eigenvalue weighted by molar-refractivity contribution is 0.170. The second kappa shape index (κ2) is 9.39. The molecule has 1 aromatic carbocycles. The van der Waals surface area contributed by atoms with Gasteiger partial charge in [-0.15, -0.1) is 0 Å². The molecule has 1 saturated heterocycles. The molecule has 0 unspecified atom stereocenters. The Morgan fingerprint density at radius 3 is 2.80 bits per heavy atom. The Morgan fingerprint density at radius 1 is 1.20 bits per heavy atom. The van der Waals surface area contributed by atoms with Gasteiger partial charge in [-0.2, -0.15) is 0 Å². The second-order valence-electron chi connectivity index (χ2n) is 8.16. The fourth-order valence-electron chi connectivity index (χ4n) is 4.24. The van der Waals surface area contributed by atoms with Gasteiger partial charge in [0.2, 0.25) is 0 Å². The average molecular weight is 407 g/mol. The van der Waals surface area contributed by atoms with E-state index in [9.17, 15) is 4.79 Å². The van der Waals surface area contributed by atoms with Crippen LogP contribution in [0.2, 0.25) is 0 Å². The van der Waals surface area contributed by atoms with E-state index < -0.39 is 0 Å². The third kappa shape index (κ3) is 4.54. The van der Waals surface area contributed by atoms with Crippen molar-refractivity contribution >= 4 is 10.9 Å². The molecule has 0 bridgehead atoms. The molecule has 1 aliphatic rings. The monoisotopic (exact) mass is 406 g/mol. The zero-order valence-electron chi connectivity index (χ0n) is 17.9. The third-order valence-corrected chi connectivity index (χ3v) is 5.78. The Morgan fingerprint density at radius 2 is 2.03 bits per heavy atom. The smallest absolute Gasteiger partial charge is 0.267 e. The highest BCUT2D eigenvalue weighted by Gasteiger charge is 2.15. The van der Waals surface area contributed by atoms with E-state index in [2.05, 4.69) is 21.8 Å². The second-order valence-corrected chi connectivity index (χ2v) is 8.16. The quantitative estimate of drug-likeness (QED) is 0.558. The first-order valence-corrected chi connectivity index (χ1v) is 11.0. The molecule has 0 amide bonds. The van der Waals surface area contributed by atoms with Gasteiger partial charge in [0, 0.05) is 31.9 Å². The number of fused-ring (bicyclic) bond motifs is 1. The molecule has 1 aliphatic heterocycles. The molecule has 2 aromatic heterocycles. The zero-order valence-corrected chi connectivity index (χ0v) is 17.9. The number of benzene rings is 1. The van der Waals surface area contributed by atoms with Crippen molar-refractivity contribution in [2.24, 2.45) is 5.92 Å². The predicted molar refractivity (Wildman–Crippen MR) is 119 cm³/mol. The van der Waals surface area contributed by atoms with Gasteiger partial charge in [-0.05, 0) is 62.1 Å². The van der Waals surface area contributed by atoms with Crippen LogP contribution in [0, 0.1) is 5.92 Å². The van der Waals surface area contributed by atoms with Gasteiger partial charge in [-0.3, -0.25) is 14.3 Å². The molecule has 158 valence electrons. The molecular weight excluding hydrogens is 376 g/mol. The summed E-state index contributed by atoms with van der Waals surface area (Å²) in [6, 6.07) is 9.48. The van der Waals surface area contributed by atoms with Crippen LogP contribution in [0.15, 0.2) is 47.5 Å². The van der Waals surface area contributed by atoms with Crippen LogP contribution >= 0.6 is 0 Å². The van der Waals surface area contributed by atoms with Crippen molar-refractivity contribution in [1.82, 2.24) is 19.4 Å². The van der Waals surface area contributed by atoms with E-state index in [1.165, 1.54) is 25.9 Å². The first-order chi connectivity index (χ1) is 14.7. The molecule has 0 N–H and O–H groups in total. The van der Waals surface area contributed by atoms with E-state index in [1.54, 1.807) is 23.0 Å². The van der Waals surface area contributed by atoms with Crippen molar-refractivity contribution < 1.29 is 4.74 Å². The first-order valence-electron chi connectivity index (χ1n) is 11.0. The van der Waals surface area contributed by atoms with Crippen molar-refractivity contribution in [3.8, 4) is 11.4 Å². The Kier molecular flexibility index (Phi) is 6.43. The summed E-state index contributed by atoms with van der Waals surface area (Å²) in [6.07, 6.45) is 7.60. The number of aryl methyl sites for hydroxylation is 1. The fraction of sp³-hybridized carbons (Fsp3) is 0.458. The van der Waals surface area contributed by atoms with Gasteiger partial charge in [-0.1, -0.05) is 13.8 Å². The number of pyridine rings is 1. The van der Waals surface area contributed by atoms with Crippen LogP contribution in [0.1, 0.15) is 38.9 Å². The van der Waals surface area contributed by atoms with Crippen LogP contribution in [0.3, 0.4) is 0 Å². The first kappa shape index (κ1) is 20.5. The fourth-order valence-corrected chi connectivity index (χ4v) is 4.24. The third-order valence-electron chi connectivity index (χ3n) is 5.78. The Balaban J connectivity index is 1.42. The molecule has 3 aromatic rings. The summed E-state index contributed by atoms with van der Waals surface area (Å²) in [7, 11) is 0. The molecule has 0 saturated carbocycles. The van der Waals surface area contributed by atoms with Crippen LogP contribution in [-0.4, -0.2) is 45.7 Å². The van der Waals surface area contributed by atoms with Crippen molar-refractivity contribution in [2.45, 2.75) is 39.5 Å². The number of hydrogen-bond donors (Lipinski definition) is 0. The van der Waals surface area contributed by atoms with Crippen LogP contribution < -0.4 is 10.3 Å². The Labute approximate surface area is 177 Å². The van der Waals surface area contributed by atoms with Gasteiger partial charge in [-0.25, -0.2) is 4.98 Å². The van der Waals surface area contributed by atoms with Crippen LogP contribution in [-0.2, 0) is 6.42 Å². The Bertz CT molecular complexity index is 1050. The number of aromatic nitrogens is 3. The maximum Gasteiger partial charge on any atom is 0.267 e. The lowest BCUT2D eigenvalue weighted by atomic mass is 10.0. The van der Waals surface area contributed by atoms with Crippen LogP contribution in [0.4, 0.5) is 0 Å². The normalized spacial score (nSPS) is 17.3. The van der Waals surface area contributed by atoms with Gasteiger partial charge in [0.05, 0.1) is 23.2 Å². The molecule has 30 heavy (non-hydrogen) atoms. The number of piperidine rings is 1. The molecule has 6 nitrogen and oxygen atoms in total. The zero-order chi connectivity index (χ0) is 20.9. The number of ether oxygens (including phenoxy) is 1. The molecule has 1 fully saturated rings. The SMILES string of the molecule is CCc1nc2ccncc2c(=O)n1-c1ccc(OCCCN2CCC[C@H](C)C2)cc1. The van der Waals surface area contributed by atoms with Gasteiger partial charge in [0.1, 0.15) is 11.6 Å². The van der Waals surface area contributed by atoms with E-state index in [0.717, 1.165) is 36.1 Å². The van der Waals surface area contributed by atoms with Crippen molar-refractivity contribution in [1.29, 1.82) is 0 Å². The summed E-state index contributed by atoms with van der Waals surface area (Å²) in [5.41, 5.74) is 1.39. The van der Waals surface area contributed by atoms with E-state index in [1.807, 2.05) is 31.2 Å². The topological polar surface area (TPSA) is 60.3 Å². The van der Waals surface area contributed by atoms with E-state index in [0.29, 0.717) is 23.9 Å². The minimum Gasteiger partial charge on any atom is -0.494 e. The molecule has 3 heterocycles. The van der Waals surface area contributed by atoms with Crippen molar-refractivity contribution in [2.75, 3.05) is 26.2 Å².